The molecule has 0 radical (unpaired) electrons. The minimum atomic E-state index is 0. The maximum absolute atomic E-state index is 3.11. The molecule has 0 amide bonds. The zero-order valence-electron chi connectivity index (χ0n) is 4.14. The second-order valence-electron chi connectivity index (χ2n) is 1.10. The van der Waals surface area contributed by atoms with Crippen molar-refractivity contribution in [2.24, 2.45) is 0 Å². The molecule has 0 unspecified atom stereocenters. The van der Waals surface area contributed by atoms with Crippen LogP contribution in [0, 0.1) is 0 Å². The van der Waals surface area contributed by atoms with Gasteiger partial charge in [-0.2, -0.15) is 0 Å². The Bertz CT molecular complexity index is 18.9. The monoisotopic (exact) mass is 146 g/mol. The van der Waals surface area contributed by atoms with Crippen molar-refractivity contribution in [2.45, 2.75) is 6.42 Å². The van der Waals surface area contributed by atoms with Crippen molar-refractivity contribution in [3.8, 4) is 0 Å². The van der Waals surface area contributed by atoms with E-state index >= 15 is 0 Å². The number of halogens is 2. The van der Waals surface area contributed by atoms with E-state index in [4.69, 9.17) is 0 Å². The molecule has 7 heavy (non-hydrogen) atoms. The highest BCUT2D eigenvalue weighted by molar-refractivity contribution is 5.85. The summed E-state index contributed by atoms with van der Waals surface area (Å²) in [5.41, 5.74) is 0. The summed E-state index contributed by atoms with van der Waals surface area (Å²) in [5.74, 6) is 0. The van der Waals surface area contributed by atoms with Gasteiger partial charge >= 0.3 is 0 Å². The minimum Gasteiger partial charge on any atom is -0.344 e. The predicted molar refractivity (Wildman–Crippen MR) is 37.0 cm³/mol. The van der Waals surface area contributed by atoms with Crippen LogP contribution < -0.4 is 11.5 Å². The van der Waals surface area contributed by atoms with Gasteiger partial charge in [-0.05, 0) is 19.5 Å². The molecule has 1 heterocycles. The van der Waals surface area contributed by atoms with Crippen LogP contribution in [-0.4, -0.2) is 13.1 Å². The van der Waals surface area contributed by atoms with Gasteiger partial charge in [0.2, 0.25) is 0 Å². The van der Waals surface area contributed by atoms with Gasteiger partial charge in [-0.15, -0.1) is 24.8 Å². The smallest absolute Gasteiger partial charge is 0.00368 e. The van der Waals surface area contributed by atoms with E-state index in [0.29, 0.717) is 0 Å². The van der Waals surface area contributed by atoms with Crippen molar-refractivity contribution in [3.63, 3.8) is 0 Å². The summed E-state index contributed by atoms with van der Waals surface area (Å²) in [4.78, 5) is 0. The summed E-state index contributed by atoms with van der Waals surface area (Å²) in [7, 11) is 0. The lowest BCUT2D eigenvalue weighted by Gasteiger charge is -2.09. The van der Waals surface area contributed by atoms with Crippen molar-refractivity contribution in [1.82, 2.24) is 11.5 Å². The second-order valence-corrected chi connectivity index (χ2v) is 1.10. The van der Waals surface area contributed by atoms with E-state index in [1.54, 1.807) is 0 Å². The molecule has 1 rings (SSSR count). The lowest BCUT2D eigenvalue weighted by molar-refractivity contribution is 0.527. The number of hydrogen-bond donors (Lipinski definition) is 2. The Kier molecular flexibility index (Phi) is 21.7. The Labute approximate surface area is 56.5 Å². The molecule has 0 spiro atoms. The summed E-state index contributed by atoms with van der Waals surface area (Å²) in [6, 6.07) is 0. The average molecular weight is 147 g/mol. The van der Waals surface area contributed by atoms with Gasteiger partial charge in [0.05, 0.1) is 0 Å². The lowest BCUT2D eigenvalue weighted by atomic mass is 10.3. The van der Waals surface area contributed by atoms with Gasteiger partial charge in [0.25, 0.3) is 0 Å². The van der Waals surface area contributed by atoms with Gasteiger partial charge in [-0.3, -0.25) is 0 Å². The van der Waals surface area contributed by atoms with Crippen LogP contribution in [0.3, 0.4) is 0 Å². The number of hydrogen-bond acceptors (Lipinski definition) is 2. The highest BCUT2D eigenvalue weighted by Gasteiger charge is 1.92. The molecule has 0 bridgehead atoms. The molecule has 1 fully saturated rings. The normalized spacial score (nSPS) is 13.7. The molecular weight excluding hydrogens is 135 g/mol. The molecule has 0 aliphatic carbocycles. The molecule has 48 valence electrons. The second kappa shape index (κ2) is 9.71. The first-order valence-corrected chi connectivity index (χ1v) is 1.71. The maximum Gasteiger partial charge on any atom is -0.00368 e. The molecule has 1 aliphatic heterocycles. The molecular formula is C3H12Cl2N2. The summed E-state index contributed by atoms with van der Waals surface area (Å²) in [5, 5.41) is 3.11. The first kappa shape index (κ1) is 15.6. The van der Waals surface area contributed by atoms with Crippen LogP contribution in [0.5, 0.6) is 0 Å². The third-order valence-electron chi connectivity index (χ3n) is 0.707. The van der Waals surface area contributed by atoms with Crippen LogP contribution in [0.1, 0.15) is 6.42 Å². The first-order chi connectivity index (χ1) is 2.00. The molecule has 0 aromatic rings. The van der Waals surface area contributed by atoms with Gasteiger partial charge in [-0.25, -0.2) is 0 Å². The van der Waals surface area contributed by atoms with Gasteiger partial charge in [0.1, 0.15) is 0 Å². The van der Waals surface area contributed by atoms with E-state index in [-0.39, 0.29) is 31.0 Å². The van der Waals surface area contributed by atoms with Crippen LogP contribution in [0.15, 0.2) is 0 Å². The highest BCUT2D eigenvalue weighted by Crippen LogP contribution is 1.80. The van der Waals surface area contributed by atoms with E-state index in [1.165, 1.54) is 19.5 Å². The maximum atomic E-state index is 3.11. The van der Waals surface area contributed by atoms with Gasteiger partial charge in [0, 0.05) is 0 Å². The van der Waals surface area contributed by atoms with Crippen LogP contribution >= 0.6 is 24.8 Å². The van der Waals surface area contributed by atoms with Crippen molar-refractivity contribution >= 4 is 24.8 Å². The van der Waals surface area contributed by atoms with Crippen molar-refractivity contribution in [1.29, 1.82) is 0 Å². The number of rotatable bonds is 0. The van der Waals surface area contributed by atoms with Crippen molar-refractivity contribution in [2.75, 3.05) is 13.1 Å². The Morgan fingerprint density at radius 3 is 1.14 bits per heavy atom. The summed E-state index contributed by atoms with van der Waals surface area (Å²) < 4.78 is 0. The molecule has 2 nitrogen and oxygen atoms in total. The fourth-order valence-electron chi connectivity index (χ4n) is 0.177. The van der Waals surface area contributed by atoms with Gasteiger partial charge in [0.15, 0.2) is 0 Å². The predicted octanol–water partition coefficient (Wildman–Crippen LogP) is 0.985. The fourth-order valence-corrected chi connectivity index (χ4v) is 0.177. The molecule has 0 aromatic heterocycles. The van der Waals surface area contributed by atoms with Crippen LogP contribution in [0.4, 0.5) is 0 Å². The van der Waals surface area contributed by atoms with Gasteiger partial charge in [-0.1, -0.05) is 0 Å². The highest BCUT2D eigenvalue weighted by atomic mass is 35.5. The largest absolute Gasteiger partial charge is 0.344 e. The van der Waals surface area contributed by atoms with E-state index in [0.717, 1.165) is 0 Å². The fraction of sp³-hybridized carbons (Fsp3) is 1.00. The average Bonchev–Trinajstić information content (AvgIpc) is 0.722. The third kappa shape index (κ3) is 6.50. The molecule has 0 saturated carbocycles. The SMILES string of the molecule is C1CNC1.Cl.Cl.N. The minimum absolute atomic E-state index is 0. The van der Waals surface area contributed by atoms with E-state index < -0.39 is 0 Å². The molecule has 1 saturated heterocycles. The van der Waals surface area contributed by atoms with E-state index in [1.807, 2.05) is 0 Å². The molecule has 0 aromatic carbocycles. The van der Waals surface area contributed by atoms with Crippen LogP contribution in [-0.2, 0) is 0 Å². The molecule has 0 atom stereocenters. The standard InChI is InChI=1S/C3H7N.2ClH.H3N/c1-2-4-3-1;;;/h4H,1-3H2;2*1H;1H3. The Balaban J connectivity index is -0.0000000533. The first-order valence-electron chi connectivity index (χ1n) is 1.71. The summed E-state index contributed by atoms with van der Waals surface area (Å²) >= 11 is 0. The summed E-state index contributed by atoms with van der Waals surface area (Å²) in [6.45, 7) is 2.50. The van der Waals surface area contributed by atoms with Crippen LogP contribution in [0.25, 0.3) is 0 Å². The molecule has 1 aliphatic rings. The Morgan fingerprint density at radius 1 is 1.00 bits per heavy atom. The van der Waals surface area contributed by atoms with Crippen molar-refractivity contribution in [3.05, 3.63) is 0 Å². The zero-order chi connectivity index (χ0) is 2.83. The molecule has 4 N–H and O–H groups in total. The molecule has 4 heteroatoms. The lowest BCUT2D eigenvalue weighted by Crippen LogP contribution is -2.29. The van der Waals surface area contributed by atoms with Crippen molar-refractivity contribution < 1.29 is 0 Å². The van der Waals surface area contributed by atoms with E-state index in [9.17, 15) is 0 Å². The van der Waals surface area contributed by atoms with Crippen LogP contribution in [0.2, 0.25) is 0 Å². The third-order valence-corrected chi connectivity index (χ3v) is 0.707. The summed E-state index contributed by atoms with van der Waals surface area (Å²) in [6.07, 6.45) is 1.39. The van der Waals surface area contributed by atoms with Gasteiger partial charge < -0.3 is 11.5 Å². The zero-order valence-corrected chi connectivity index (χ0v) is 5.78. The number of nitrogens with one attached hydrogen (secondary N) is 1. The topological polar surface area (TPSA) is 47.0 Å². The van der Waals surface area contributed by atoms with E-state index in [2.05, 4.69) is 5.32 Å². The quantitative estimate of drug-likeness (QED) is 0.536. The Morgan fingerprint density at radius 2 is 1.14 bits per heavy atom. The Hall–Kier alpha value is 0.500.